The molecule has 0 unspecified atom stereocenters. The number of halogens is 1. The maximum atomic E-state index is 13.0. The van der Waals surface area contributed by atoms with Crippen molar-refractivity contribution < 1.29 is 14.3 Å². The van der Waals surface area contributed by atoms with Gasteiger partial charge in [-0.25, -0.2) is 4.99 Å². The Kier molecular flexibility index (Phi) is 4.18. The van der Waals surface area contributed by atoms with Gasteiger partial charge in [0.15, 0.2) is 0 Å². The number of hydrogen-bond acceptors (Lipinski definition) is 4. The van der Waals surface area contributed by atoms with Crippen molar-refractivity contribution in [3.8, 4) is 5.75 Å². The van der Waals surface area contributed by atoms with Crippen LogP contribution in [0.25, 0.3) is 6.08 Å². The highest BCUT2D eigenvalue weighted by Gasteiger charge is 2.32. The van der Waals surface area contributed by atoms with Gasteiger partial charge in [0.05, 0.1) is 12.0 Å². The van der Waals surface area contributed by atoms with Crippen molar-refractivity contribution in [2.75, 3.05) is 4.90 Å². The van der Waals surface area contributed by atoms with E-state index in [1.165, 1.54) is 17.0 Å². The largest absolute Gasteiger partial charge is 0.508 e. The highest BCUT2D eigenvalue weighted by Crippen LogP contribution is 2.29. The van der Waals surface area contributed by atoms with E-state index in [2.05, 4.69) is 20.9 Å². The number of carbonyl (C=O) groups is 1. The normalized spacial score (nSPS) is 15.6. The number of rotatable bonds is 3. The number of aromatic hydroxyl groups is 1. The van der Waals surface area contributed by atoms with Crippen molar-refractivity contribution in [1.29, 1.82) is 0 Å². The number of aliphatic imine (C=N–C) groups is 1. The topological polar surface area (TPSA) is 66.0 Å². The molecule has 4 rings (SSSR count). The molecular formula is C20H13BrN2O3. The van der Waals surface area contributed by atoms with Crippen LogP contribution >= 0.6 is 15.9 Å². The molecule has 2 aromatic carbocycles. The third-order valence-corrected chi connectivity index (χ3v) is 4.42. The lowest BCUT2D eigenvalue weighted by Gasteiger charge is -2.18. The lowest BCUT2D eigenvalue weighted by Crippen LogP contribution is -2.32. The molecule has 1 N–H and O–H groups in total. The molecule has 0 atom stereocenters. The van der Waals surface area contributed by atoms with Crippen molar-refractivity contribution in [3.63, 3.8) is 0 Å². The molecule has 1 amide bonds. The Bertz CT molecular complexity index is 1000. The second-order valence-corrected chi connectivity index (χ2v) is 6.56. The molecule has 26 heavy (non-hydrogen) atoms. The number of nitrogens with zero attached hydrogens (tertiary/aromatic N) is 2. The van der Waals surface area contributed by atoms with E-state index in [4.69, 9.17) is 4.42 Å². The van der Waals surface area contributed by atoms with E-state index >= 15 is 0 Å². The van der Waals surface area contributed by atoms with E-state index in [0.29, 0.717) is 17.3 Å². The summed E-state index contributed by atoms with van der Waals surface area (Å²) < 4.78 is 6.24. The van der Waals surface area contributed by atoms with Gasteiger partial charge in [0.25, 0.3) is 5.91 Å². The highest BCUT2D eigenvalue weighted by molar-refractivity contribution is 9.10. The summed E-state index contributed by atoms with van der Waals surface area (Å²) in [6.07, 6.45) is 3.16. The minimum Gasteiger partial charge on any atom is -0.508 e. The van der Waals surface area contributed by atoms with Gasteiger partial charge in [-0.15, -0.1) is 0 Å². The van der Waals surface area contributed by atoms with E-state index in [9.17, 15) is 9.90 Å². The molecule has 0 saturated carbocycles. The maximum absolute atomic E-state index is 13.0. The van der Waals surface area contributed by atoms with Crippen LogP contribution in [0.15, 0.2) is 86.5 Å². The zero-order valence-electron chi connectivity index (χ0n) is 13.5. The molecule has 0 spiro atoms. The van der Waals surface area contributed by atoms with Gasteiger partial charge < -0.3 is 9.52 Å². The SMILES string of the molecule is O=C1/C(=C\c2ccco2)N=C(c2ccc(Br)cc2)N1c1ccc(O)cc1. The lowest BCUT2D eigenvalue weighted by molar-refractivity contribution is -0.113. The van der Waals surface area contributed by atoms with Gasteiger partial charge in [0, 0.05) is 16.1 Å². The fraction of sp³-hybridized carbons (Fsp3) is 0. The maximum Gasteiger partial charge on any atom is 0.282 e. The molecule has 0 radical (unpaired) electrons. The minimum absolute atomic E-state index is 0.133. The molecule has 1 aliphatic heterocycles. The summed E-state index contributed by atoms with van der Waals surface area (Å²) in [4.78, 5) is 19.1. The summed E-state index contributed by atoms with van der Waals surface area (Å²) in [5.74, 6) is 0.949. The Hall–Kier alpha value is -3.12. The molecule has 2 heterocycles. The van der Waals surface area contributed by atoms with Crippen LogP contribution < -0.4 is 4.90 Å². The molecular weight excluding hydrogens is 396 g/mol. The van der Waals surface area contributed by atoms with E-state index in [0.717, 1.165) is 10.0 Å². The first-order valence-electron chi connectivity index (χ1n) is 7.85. The molecule has 1 aliphatic rings. The third-order valence-electron chi connectivity index (χ3n) is 3.89. The second-order valence-electron chi connectivity index (χ2n) is 5.64. The Morgan fingerprint density at radius 3 is 2.42 bits per heavy atom. The van der Waals surface area contributed by atoms with Gasteiger partial charge in [-0.3, -0.25) is 9.69 Å². The first-order chi connectivity index (χ1) is 12.6. The summed E-state index contributed by atoms with van der Waals surface area (Å²) in [6, 6.07) is 17.5. The van der Waals surface area contributed by atoms with Crippen LogP contribution in [0.4, 0.5) is 5.69 Å². The molecule has 0 saturated heterocycles. The van der Waals surface area contributed by atoms with Crippen molar-refractivity contribution in [1.82, 2.24) is 0 Å². The number of amides is 1. The molecule has 0 fully saturated rings. The van der Waals surface area contributed by atoms with Crippen molar-refractivity contribution in [3.05, 3.63) is 88.4 Å². The first kappa shape index (κ1) is 16.4. The number of anilines is 1. The Labute approximate surface area is 158 Å². The van der Waals surface area contributed by atoms with Crippen LogP contribution in [0.2, 0.25) is 0 Å². The summed E-state index contributed by atoms with van der Waals surface area (Å²) in [5, 5.41) is 9.54. The predicted molar refractivity (Wildman–Crippen MR) is 103 cm³/mol. The number of hydrogen-bond donors (Lipinski definition) is 1. The Morgan fingerprint density at radius 2 is 1.77 bits per heavy atom. The van der Waals surface area contributed by atoms with Gasteiger partial charge in [0.2, 0.25) is 0 Å². The van der Waals surface area contributed by atoms with Crippen LogP contribution in [0.3, 0.4) is 0 Å². The first-order valence-corrected chi connectivity index (χ1v) is 8.64. The van der Waals surface area contributed by atoms with Crippen molar-refractivity contribution >= 4 is 39.4 Å². The van der Waals surface area contributed by atoms with Crippen LogP contribution in [0, 0.1) is 0 Å². The average Bonchev–Trinajstić information content (AvgIpc) is 3.26. The zero-order chi connectivity index (χ0) is 18.1. The monoisotopic (exact) mass is 408 g/mol. The van der Waals surface area contributed by atoms with E-state index in [-0.39, 0.29) is 17.4 Å². The number of phenolic OH excluding ortho intramolecular Hbond substituents is 1. The highest BCUT2D eigenvalue weighted by atomic mass is 79.9. The van der Waals surface area contributed by atoms with Crippen LogP contribution in [-0.2, 0) is 4.79 Å². The fourth-order valence-corrected chi connectivity index (χ4v) is 2.92. The molecule has 1 aromatic heterocycles. The van der Waals surface area contributed by atoms with Crippen LogP contribution in [0.5, 0.6) is 5.75 Å². The molecule has 6 heteroatoms. The molecule has 128 valence electrons. The second kappa shape index (κ2) is 6.65. The molecule has 0 aliphatic carbocycles. The molecule has 3 aromatic rings. The number of benzene rings is 2. The van der Waals surface area contributed by atoms with Crippen molar-refractivity contribution in [2.24, 2.45) is 4.99 Å². The number of amidine groups is 1. The van der Waals surface area contributed by atoms with Crippen molar-refractivity contribution in [2.45, 2.75) is 0 Å². The van der Waals surface area contributed by atoms with E-state index in [1.54, 1.807) is 36.6 Å². The average molecular weight is 409 g/mol. The quantitative estimate of drug-likeness (QED) is 0.644. The summed E-state index contributed by atoms with van der Waals surface area (Å²) >= 11 is 3.41. The van der Waals surface area contributed by atoms with Gasteiger partial charge in [-0.1, -0.05) is 28.1 Å². The predicted octanol–water partition coefficient (Wildman–Crippen LogP) is 4.58. The van der Waals surface area contributed by atoms with Gasteiger partial charge in [-0.05, 0) is 48.5 Å². The smallest absolute Gasteiger partial charge is 0.282 e. The van der Waals surface area contributed by atoms with Crippen LogP contribution in [0.1, 0.15) is 11.3 Å². The van der Waals surface area contributed by atoms with Crippen LogP contribution in [-0.4, -0.2) is 16.8 Å². The summed E-state index contributed by atoms with van der Waals surface area (Å²) in [7, 11) is 0. The van der Waals surface area contributed by atoms with E-state index < -0.39 is 0 Å². The Morgan fingerprint density at radius 1 is 1.04 bits per heavy atom. The molecule has 0 bridgehead atoms. The standard InChI is InChI=1S/C20H13BrN2O3/c21-14-5-3-13(4-6-14)19-22-18(12-17-2-1-11-26-17)20(25)23(19)15-7-9-16(24)10-8-15/h1-12,24H/b18-12+. The molecule has 5 nitrogen and oxygen atoms in total. The zero-order valence-corrected chi connectivity index (χ0v) is 15.1. The lowest BCUT2D eigenvalue weighted by atomic mass is 10.1. The minimum atomic E-state index is -0.259. The van der Waals surface area contributed by atoms with Gasteiger partial charge in [0.1, 0.15) is 23.0 Å². The number of furan rings is 1. The summed E-state index contributed by atoms with van der Waals surface area (Å²) in [5.41, 5.74) is 1.71. The fourth-order valence-electron chi connectivity index (χ4n) is 2.66. The summed E-state index contributed by atoms with van der Waals surface area (Å²) in [6.45, 7) is 0. The number of carbonyl (C=O) groups excluding carboxylic acids is 1. The van der Waals surface area contributed by atoms with Gasteiger partial charge >= 0.3 is 0 Å². The Balaban J connectivity index is 1.82. The van der Waals surface area contributed by atoms with Gasteiger partial charge in [-0.2, -0.15) is 0 Å². The number of phenols is 1. The third kappa shape index (κ3) is 3.07. The van der Waals surface area contributed by atoms with E-state index in [1.807, 2.05) is 24.3 Å².